The summed E-state index contributed by atoms with van der Waals surface area (Å²) in [4.78, 5) is 0. The number of rotatable bonds is 2. The molecule has 2 N–H and O–H groups in total. The highest BCUT2D eigenvalue weighted by atomic mass is 19.1. The quantitative estimate of drug-likeness (QED) is 0.825. The van der Waals surface area contributed by atoms with E-state index >= 15 is 0 Å². The van der Waals surface area contributed by atoms with Crippen LogP contribution in [-0.4, -0.2) is 0 Å². The van der Waals surface area contributed by atoms with Gasteiger partial charge in [-0.05, 0) is 28.8 Å². The molecule has 0 saturated heterocycles. The van der Waals surface area contributed by atoms with Gasteiger partial charge in [0.05, 0.1) is 0 Å². The zero-order valence-electron chi connectivity index (χ0n) is 8.58. The summed E-state index contributed by atoms with van der Waals surface area (Å²) in [5, 5.41) is 0. The third-order valence-electron chi connectivity index (χ3n) is 2.39. The third kappa shape index (κ3) is 2.25. The molecule has 0 amide bonds. The van der Waals surface area contributed by atoms with Gasteiger partial charge in [-0.2, -0.15) is 0 Å². The van der Waals surface area contributed by atoms with Gasteiger partial charge in [0.2, 0.25) is 0 Å². The first-order chi connectivity index (χ1) is 7.69. The van der Waals surface area contributed by atoms with Crippen LogP contribution in [0.2, 0.25) is 0 Å². The molecule has 0 aliphatic heterocycles. The summed E-state index contributed by atoms with van der Waals surface area (Å²) in [7, 11) is 0. The van der Waals surface area contributed by atoms with Crippen molar-refractivity contribution < 1.29 is 8.78 Å². The largest absolute Gasteiger partial charge is 0.326 e. The Hall–Kier alpha value is -1.74. The normalized spacial score (nSPS) is 10.4. The molecule has 82 valence electrons. The van der Waals surface area contributed by atoms with Gasteiger partial charge in [0.25, 0.3) is 0 Å². The van der Waals surface area contributed by atoms with Crippen molar-refractivity contribution in [2.24, 2.45) is 5.73 Å². The lowest BCUT2D eigenvalue weighted by Crippen LogP contribution is -1.95. The molecule has 0 aliphatic rings. The minimum absolute atomic E-state index is 0.456. The van der Waals surface area contributed by atoms with Gasteiger partial charge >= 0.3 is 0 Å². The molecule has 0 radical (unpaired) electrons. The highest BCUT2D eigenvalue weighted by Gasteiger charge is 2.02. The molecule has 0 aliphatic carbocycles. The van der Waals surface area contributed by atoms with Gasteiger partial charge in [-0.1, -0.05) is 24.3 Å². The van der Waals surface area contributed by atoms with Crippen molar-refractivity contribution in [1.29, 1.82) is 0 Å². The van der Waals surface area contributed by atoms with E-state index in [4.69, 9.17) is 5.73 Å². The fourth-order valence-corrected chi connectivity index (χ4v) is 1.55. The Kier molecular flexibility index (Phi) is 2.97. The minimum Gasteiger partial charge on any atom is -0.326 e. The maximum atomic E-state index is 13.0. The van der Waals surface area contributed by atoms with Gasteiger partial charge < -0.3 is 5.73 Å². The molecule has 2 aromatic rings. The summed E-state index contributed by atoms with van der Waals surface area (Å²) >= 11 is 0. The second kappa shape index (κ2) is 4.41. The molecule has 1 nitrogen and oxygen atoms in total. The van der Waals surface area contributed by atoms with E-state index in [2.05, 4.69) is 0 Å². The lowest BCUT2D eigenvalue weighted by Gasteiger charge is -2.03. The van der Waals surface area contributed by atoms with E-state index in [9.17, 15) is 8.78 Å². The molecule has 3 heteroatoms. The summed E-state index contributed by atoms with van der Waals surface area (Å²) in [5.74, 6) is -1.14. The van der Waals surface area contributed by atoms with Crippen molar-refractivity contribution in [1.82, 2.24) is 0 Å². The molecule has 0 aromatic heterocycles. The zero-order chi connectivity index (χ0) is 11.5. The zero-order valence-corrected chi connectivity index (χ0v) is 8.58. The van der Waals surface area contributed by atoms with Crippen molar-refractivity contribution in [3.63, 3.8) is 0 Å². The number of hydrogen-bond acceptors (Lipinski definition) is 1. The van der Waals surface area contributed by atoms with Crippen LogP contribution in [0.1, 0.15) is 5.56 Å². The van der Waals surface area contributed by atoms with Crippen molar-refractivity contribution in [2.75, 3.05) is 0 Å². The molecule has 0 atom stereocenters. The van der Waals surface area contributed by atoms with Gasteiger partial charge in [0.1, 0.15) is 11.6 Å². The average molecular weight is 219 g/mol. The van der Waals surface area contributed by atoms with Crippen LogP contribution in [-0.2, 0) is 6.54 Å². The first-order valence-corrected chi connectivity index (χ1v) is 4.94. The van der Waals surface area contributed by atoms with Crippen LogP contribution in [0.3, 0.4) is 0 Å². The van der Waals surface area contributed by atoms with Gasteiger partial charge in [-0.15, -0.1) is 0 Å². The number of benzene rings is 2. The van der Waals surface area contributed by atoms with Gasteiger partial charge in [0.15, 0.2) is 0 Å². The summed E-state index contributed by atoms with van der Waals surface area (Å²) in [5.41, 5.74) is 7.76. The highest BCUT2D eigenvalue weighted by molar-refractivity contribution is 5.63. The predicted molar refractivity (Wildman–Crippen MR) is 59.7 cm³/mol. The van der Waals surface area contributed by atoms with Crippen molar-refractivity contribution in [2.45, 2.75) is 6.54 Å². The van der Waals surface area contributed by atoms with E-state index in [0.29, 0.717) is 12.1 Å². The maximum Gasteiger partial charge on any atom is 0.126 e. The number of hydrogen-bond donors (Lipinski definition) is 1. The smallest absolute Gasteiger partial charge is 0.126 e. The van der Waals surface area contributed by atoms with Gasteiger partial charge in [-0.3, -0.25) is 0 Å². The highest BCUT2D eigenvalue weighted by Crippen LogP contribution is 2.21. The van der Waals surface area contributed by atoms with Crippen molar-refractivity contribution in [3.8, 4) is 11.1 Å². The molecule has 16 heavy (non-hydrogen) atoms. The molecular weight excluding hydrogens is 208 g/mol. The van der Waals surface area contributed by atoms with Crippen LogP contribution in [0.4, 0.5) is 8.78 Å². The second-order valence-electron chi connectivity index (χ2n) is 3.56. The molecule has 0 heterocycles. The van der Waals surface area contributed by atoms with E-state index in [0.717, 1.165) is 17.2 Å². The number of halogens is 2. The Morgan fingerprint density at radius 1 is 0.812 bits per heavy atom. The van der Waals surface area contributed by atoms with E-state index in [1.807, 2.05) is 12.1 Å². The summed E-state index contributed by atoms with van der Waals surface area (Å²) in [6.07, 6.45) is 0. The first-order valence-electron chi connectivity index (χ1n) is 4.94. The summed E-state index contributed by atoms with van der Waals surface area (Å²) in [6.45, 7) is 0.456. The van der Waals surface area contributed by atoms with Crippen molar-refractivity contribution >= 4 is 0 Å². The van der Waals surface area contributed by atoms with Crippen LogP contribution in [0, 0.1) is 11.6 Å². The van der Waals surface area contributed by atoms with E-state index in [1.54, 1.807) is 12.1 Å². The topological polar surface area (TPSA) is 26.0 Å². The maximum absolute atomic E-state index is 13.0. The van der Waals surface area contributed by atoms with Gasteiger partial charge in [-0.25, -0.2) is 8.78 Å². The minimum atomic E-state index is -0.571. The first kappa shape index (κ1) is 10.8. The predicted octanol–water partition coefficient (Wildman–Crippen LogP) is 3.09. The Balaban J connectivity index is 2.42. The van der Waals surface area contributed by atoms with Crippen molar-refractivity contribution in [3.05, 3.63) is 59.7 Å². The lowest BCUT2D eigenvalue weighted by molar-refractivity contribution is 0.584. The summed E-state index contributed by atoms with van der Waals surface area (Å²) < 4.78 is 26.0. The van der Waals surface area contributed by atoms with Crippen LogP contribution < -0.4 is 5.73 Å². The average Bonchev–Trinajstić information content (AvgIpc) is 2.28. The monoisotopic (exact) mass is 219 g/mol. The number of nitrogens with two attached hydrogens (primary N) is 1. The Labute approximate surface area is 92.5 Å². The fraction of sp³-hybridized carbons (Fsp3) is 0.0769. The Morgan fingerprint density at radius 2 is 1.38 bits per heavy atom. The third-order valence-corrected chi connectivity index (χ3v) is 2.39. The molecular formula is C13H11F2N. The fourth-order valence-electron chi connectivity index (χ4n) is 1.55. The van der Waals surface area contributed by atoms with Crippen LogP contribution in [0.5, 0.6) is 0 Å². The molecule has 0 fully saturated rings. The SMILES string of the molecule is NCc1ccc(-c2cc(F)cc(F)c2)cc1. The Bertz CT molecular complexity index is 472. The van der Waals surface area contributed by atoms with Crippen LogP contribution >= 0.6 is 0 Å². The molecule has 0 spiro atoms. The molecule has 0 bridgehead atoms. The molecule has 0 saturated carbocycles. The summed E-state index contributed by atoms with van der Waals surface area (Å²) in [6, 6.07) is 10.8. The molecule has 0 unspecified atom stereocenters. The van der Waals surface area contributed by atoms with Crippen LogP contribution in [0.15, 0.2) is 42.5 Å². The van der Waals surface area contributed by atoms with Gasteiger partial charge in [0, 0.05) is 12.6 Å². The Morgan fingerprint density at radius 3 is 1.88 bits per heavy atom. The second-order valence-corrected chi connectivity index (χ2v) is 3.56. The standard InChI is InChI=1S/C13H11F2N/c14-12-5-11(6-13(15)7-12)10-3-1-9(8-16)2-4-10/h1-7H,8,16H2. The lowest BCUT2D eigenvalue weighted by atomic mass is 10.0. The molecule has 2 aromatic carbocycles. The molecule has 2 rings (SSSR count). The van der Waals surface area contributed by atoms with E-state index in [1.165, 1.54) is 12.1 Å². The van der Waals surface area contributed by atoms with Crippen LogP contribution in [0.25, 0.3) is 11.1 Å². The van der Waals surface area contributed by atoms with E-state index < -0.39 is 11.6 Å². The van der Waals surface area contributed by atoms with E-state index in [-0.39, 0.29) is 0 Å².